The predicted octanol–water partition coefficient (Wildman–Crippen LogP) is 0.0681. The van der Waals surface area contributed by atoms with Gasteiger partial charge < -0.3 is 14.2 Å². The molecule has 11 heteroatoms. The predicted molar refractivity (Wildman–Crippen MR) is 94.7 cm³/mol. The van der Waals surface area contributed by atoms with Gasteiger partial charge in [0.25, 0.3) is 5.91 Å². The lowest BCUT2D eigenvalue weighted by atomic mass is 10.3. The van der Waals surface area contributed by atoms with Crippen molar-refractivity contribution in [1.29, 1.82) is 0 Å². The molecule has 1 aliphatic rings. The van der Waals surface area contributed by atoms with Gasteiger partial charge in [-0.2, -0.15) is 9.36 Å². The average molecular weight is 388 g/mol. The Morgan fingerprint density at radius 1 is 1.07 bits per heavy atom. The second kappa shape index (κ2) is 7.19. The second-order valence-electron chi connectivity index (χ2n) is 5.93. The number of hydrogen-bond acceptors (Lipinski definition) is 7. The number of thiophene rings is 1. The number of rotatable bonds is 4. The Kier molecular flexibility index (Phi) is 4.59. The van der Waals surface area contributed by atoms with Gasteiger partial charge >= 0.3 is 5.69 Å². The number of carbonyl (C=O) groups excluding carboxylic acids is 2. The molecule has 3 aromatic heterocycles. The lowest BCUT2D eigenvalue weighted by Gasteiger charge is -2.34. The van der Waals surface area contributed by atoms with Crippen LogP contribution in [0.4, 0.5) is 0 Å². The molecule has 4 heterocycles. The number of carbonyl (C=O) groups is 2. The Hall–Kier alpha value is -3.21. The highest BCUT2D eigenvalue weighted by atomic mass is 32.1. The van der Waals surface area contributed by atoms with Crippen molar-refractivity contribution < 1.29 is 14.0 Å². The van der Waals surface area contributed by atoms with Gasteiger partial charge in [0.1, 0.15) is 11.5 Å². The van der Waals surface area contributed by atoms with Crippen LogP contribution in [0.2, 0.25) is 0 Å². The van der Waals surface area contributed by atoms with Crippen LogP contribution < -0.4 is 5.69 Å². The highest BCUT2D eigenvalue weighted by molar-refractivity contribution is 7.12. The maximum absolute atomic E-state index is 12.5. The molecule has 10 nitrogen and oxygen atoms in total. The molecule has 3 aromatic rings. The van der Waals surface area contributed by atoms with E-state index in [4.69, 9.17) is 4.42 Å². The van der Waals surface area contributed by atoms with E-state index in [9.17, 15) is 14.4 Å². The summed E-state index contributed by atoms with van der Waals surface area (Å²) >= 11 is 1.36. The first-order valence-electron chi connectivity index (χ1n) is 8.31. The van der Waals surface area contributed by atoms with Crippen LogP contribution in [0, 0.1) is 0 Å². The van der Waals surface area contributed by atoms with Crippen molar-refractivity contribution in [3.05, 3.63) is 52.2 Å². The highest BCUT2D eigenvalue weighted by Gasteiger charge is 2.26. The van der Waals surface area contributed by atoms with Crippen molar-refractivity contribution in [3.63, 3.8) is 0 Å². The third-order valence-electron chi connectivity index (χ3n) is 4.29. The van der Waals surface area contributed by atoms with Crippen molar-refractivity contribution in [3.8, 4) is 5.00 Å². The van der Waals surface area contributed by atoms with E-state index in [1.165, 1.54) is 17.6 Å². The minimum absolute atomic E-state index is 0.184. The molecule has 0 unspecified atom stereocenters. The maximum atomic E-state index is 12.5. The molecule has 4 rings (SSSR count). The van der Waals surface area contributed by atoms with Gasteiger partial charge in [0, 0.05) is 26.2 Å². The fourth-order valence-corrected chi connectivity index (χ4v) is 3.51. The number of hydrogen-bond donors (Lipinski definition) is 0. The summed E-state index contributed by atoms with van der Waals surface area (Å²) in [6, 6.07) is 6.83. The smallest absolute Gasteiger partial charge is 0.369 e. The first-order chi connectivity index (χ1) is 13.1. The topological polar surface area (TPSA) is 106 Å². The first kappa shape index (κ1) is 17.2. The molecule has 2 amide bonds. The van der Waals surface area contributed by atoms with Crippen LogP contribution >= 0.6 is 11.3 Å². The third-order valence-corrected chi connectivity index (χ3v) is 5.13. The lowest BCUT2D eigenvalue weighted by Crippen LogP contribution is -2.51. The van der Waals surface area contributed by atoms with Crippen LogP contribution in [0.15, 0.2) is 45.1 Å². The van der Waals surface area contributed by atoms with Gasteiger partial charge in [-0.15, -0.1) is 11.3 Å². The number of amides is 2. The largest absolute Gasteiger partial charge is 0.459 e. The number of aromatic nitrogens is 4. The summed E-state index contributed by atoms with van der Waals surface area (Å²) in [5.41, 5.74) is -0.461. The minimum Gasteiger partial charge on any atom is -0.459 e. The zero-order valence-electron chi connectivity index (χ0n) is 14.2. The molecule has 0 aliphatic carbocycles. The van der Waals surface area contributed by atoms with Crippen molar-refractivity contribution in [1.82, 2.24) is 29.6 Å². The highest BCUT2D eigenvalue weighted by Crippen LogP contribution is 2.11. The summed E-state index contributed by atoms with van der Waals surface area (Å²) in [6.45, 7) is 1.40. The number of nitrogens with zero attached hydrogens (tertiary/aromatic N) is 6. The standard InChI is InChI=1S/C16H16N6O4S/c23-13(11-21-16(25)22(18-17-21)14-4-2-10-27-14)19-5-7-20(8-6-19)15(24)12-3-1-9-26-12/h1-4,9-10H,5-8,11H2. The molecule has 0 radical (unpaired) electrons. The SMILES string of the molecule is O=C(Cn1nnn(-c2cccs2)c1=O)N1CCN(C(=O)c2ccco2)CC1. The molecule has 1 aliphatic heterocycles. The van der Waals surface area contributed by atoms with Crippen molar-refractivity contribution in [2.24, 2.45) is 0 Å². The molecule has 0 N–H and O–H groups in total. The van der Waals surface area contributed by atoms with Gasteiger partial charge in [0.15, 0.2) is 5.76 Å². The van der Waals surface area contributed by atoms with E-state index in [1.807, 2.05) is 5.38 Å². The Bertz CT molecular complexity index is 983. The van der Waals surface area contributed by atoms with Crippen LogP contribution in [-0.4, -0.2) is 67.6 Å². The molecule has 27 heavy (non-hydrogen) atoms. The summed E-state index contributed by atoms with van der Waals surface area (Å²) in [5.74, 6) is -0.144. The number of piperazine rings is 1. The molecule has 140 valence electrons. The lowest BCUT2D eigenvalue weighted by molar-refractivity contribution is -0.133. The molecule has 1 fully saturated rings. The van der Waals surface area contributed by atoms with Gasteiger partial charge in [0.2, 0.25) is 5.91 Å². The zero-order chi connectivity index (χ0) is 18.8. The van der Waals surface area contributed by atoms with Crippen LogP contribution in [0.1, 0.15) is 10.6 Å². The Morgan fingerprint density at radius 3 is 2.52 bits per heavy atom. The summed E-state index contributed by atoms with van der Waals surface area (Å²) < 4.78 is 7.33. The molecule has 0 aromatic carbocycles. The third kappa shape index (κ3) is 3.40. The van der Waals surface area contributed by atoms with Crippen molar-refractivity contribution in [2.45, 2.75) is 6.54 Å². The van der Waals surface area contributed by atoms with Crippen LogP contribution in [0.3, 0.4) is 0 Å². The maximum Gasteiger partial charge on any atom is 0.369 e. The van der Waals surface area contributed by atoms with E-state index in [0.29, 0.717) is 31.2 Å². The van der Waals surface area contributed by atoms with Gasteiger partial charge in [-0.05, 0) is 40.1 Å². The first-order valence-corrected chi connectivity index (χ1v) is 9.19. The quantitative estimate of drug-likeness (QED) is 0.626. The number of furan rings is 1. The molecular weight excluding hydrogens is 372 g/mol. The second-order valence-corrected chi connectivity index (χ2v) is 6.86. The number of tetrazole rings is 1. The fourth-order valence-electron chi connectivity index (χ4n) is 2.85. The summed E-state index contributed by atoms with van der Waals surface area (Å²) in [6.07, 6.45) is 1.45. The van der Waals surface area contributed by atoms with Gasteiger partial charge in [-0.3, -0.25) is 9.59 Å². The normalized spacial score (nSPS) is 14.5. The van der Waals surface area contributed by atoms with E-state index in [0.717, 1.165) is 9.36 Å². The zero-order valence-corrected chi connectivity index (χ0v) is 15.0. The van der Waals surface area contributed by atoms with Crippen LogP contribution in [0.25, 0.3) is 5.00 Å². The van der Waals surface area contributed by atoms with Gasteiger partial charge in [-0.1, -0.05) is 0 Å². The summed E-state index contributed by atoms with van der Waals surface area (Å²) in [5, 5.41) is 10.1. The van der Waals surface area contributed by atoms with E-state index in [1.54, 1.807) is 34.1 Å². The van der Waals surface area contributed by atoms with Gasteiger partial charge in [0.05, 0.1) is 6.26 Å². The molecule has 0 atom stereocenters. The molecule has 0 bridgehead atoms. The Balaban J connectivity index is 1.36. The minimum atomic E-state index is -0.461. The molecular formula is C16H16N6O4S. The van der Waals surface area contributed by atoms with E-state index in [2.05, 4.69) is 10.4 Å². The average Bonchev–Trinajstić information content (AvgIpc) is 3.44. The summed E-state index contributed by atoms with van der Waals surface area (Å²) in [4.78, 5) is 40.3. The van der Waals surface area contributed by atoms with Crippen molar-refractivity contribution >= 4 is 23.2 Å². The monoisotopic (exact) mass is 388 g/mol. The van der Waals surface area contributed by atoms with Crippen molar-refractivity contribution in [2.75, 3.05) is 26.2 Å². The fraction of sp³-hybridized carbons (Fsp3) is 0.312. The van der Waals surface area contributed by atoms with Crippen LogP contribution in [0.5, 0.6) is 0 Å². The molecule has 0 spiro atoms. The van der Waals surface area contributed by atoms with Crippen LogP contribution in [-0.2, 0) is 11.3 Å². The Morgan fingerprint density at radius 2 is 1.85 bits per heavy atom. The van der Waals surface area contributed by atoms with E-state index >= 15 is 0 Å². The Labute approximate surface area is 157 Å². The molecule has 0 saturated carbocycles. The molecule has 1 saturated heterocycles. The summed E-state index contributed by atoms with van der Waals surface area (Å²) in [7, 11) is 0. The van der Waals surface area contributed by atoms with E-state index in [-0.39, 0.29) is 24.1 Å². The van der Waals surface area contributed by atoms with E-state index < -0.39 is 5.69 Å². The van der Waals surface area contributed by atoms with Gasteiger partial charge in [-0.25, -0.2) is 4.79 Å².